The van der Waals surface area contributed by atoms with Crippen molar-refractivity contribution in [1.29, 1.82) is 0 Å². The molecule has 8 heteroatoms. The number of benzene rings is 1. The number of thioether (sulfide) groups is 1. The van der Waals surface area contributed by atoms with Gasteiger partial charge in [-0.1, -0.05) is 6.07 Å². The van der Waals surface area contributed by atoms with Crippen LogP contribution in [-0.2, 0) is 9.84 Å². The van der Waals surface area contributed by atoms with Crippen LogP contribution < -0.4 is 11.1 Å². The fraction of sp³-hybridized carbons (Fsp3) is 0.417. The number of hydrogen-bond donors (Lipinski definition) is 2. The molecule has 1 unspecified atom stereocenters. The molecule has 1 aliphatic heterocycles. The fourth-order valence-corrected chi connectivity index (χ4v) is 4.79. The molecular formula is C12H17N3O3S2. The van der Waals surface area contributed by atoms with E-state index in [1.54, 1.807) is 24.3 Å². The van der Waals surface area contributed by atoms with Crippen molar-refractivity contribution in [1.82, 2.24) is 4.90 Å². The summed E-state index contributed by atoms with van der Waals surface area (Å²) in [5, 5.41) is 1.91. The average molecular weight is 315 g/mol. The smallest absolute Gasteiger partial charge is 0.322 e. The molecule has 1 aromatic carbocycles. The van der Waals surface area contributed by atoms with E-state index in [0.29, 0.717) is 23.7 Å². The second kappa shape index (κ2) is 5.92. The number of hydrogen-bond acceptors (Lipinski definition) is 5. The van der Waals surface area contributed by atoms with Crippen molar-refractivity contribution < 1.29 is 13.2 Å². The predicted octanol–water partition coefficient (Wildman–Crippen LogP) is 1.22. The van der Waals surface area contributed by atoms with E-state index in [9.17, 15) is 13.2 Å². The number of rotatable bonds is 2. The lowest BCUT2D eigenvalue weighted by Crippen LogP contribution is -2.51. The van der Waals surface area contributed by atoms with Crippen LogP contribution in [0.1, 0.15) is 0 Å². The molecule has 1 saturated heterocycles. The normalized spacial score (nSPS) is 19.6. The minimum absolute atomic E-state index is 0.406. The number of nitrogens with zero attached hydrogens (tertiary/aromatic N) is 1. The highest BCUT2D eigenvalue weighted by Crippen LogP contribution is 2.21. The molecule has 0 spiro atoms. The summed E-state index contributed by atoms with van der Waals surface area (Å²) in [4.78, 5) is 13.6. The summed E-state index contributed by atoms with van der Waals surface area (Å²) in [6.07, 6.45) is 1.16. The van der Waals surface area contributed by atoms with Crippen molar-refractivity contribution >= 4 is 39.0 Å². The first kappa shape index (κ1) is 15.0. The second-order valence-corrected chi connectivity index (χ2v) is 7.96. The monoisotopic (exact) mass is 315 g/mol. The maximum Gasteiger partial charge on any atom is 0.322 e. The minimum Gasteiger partial charge on any atom is -0.399 e. The number of carbonyl (C=O) groups excluding carboxylic acids is 1. The van der Waals surface area contributed by atoms with Crippen LogP contribution in [0.25, 0.3) is 0 Å². The van der Waals surface area contributed by atoms with Gasteiger partial charge in [-0.2, -0.15) is 11.8 Å². The lowest BCUT2D eigenvalue weighted by molar-refractivity contribution is 0.210. The van der Waals surface area contributed by atoms with E-state index in [4.69, 9.17) is 5.73 Å². The molecule has 0 bridgehead atoms. The zero-order valence-electron chi connectivity index (χ0n) is 11.1. The van der Waals surface area contributed by atoms with Gasteiger partial charge in [0.1, 0.15) is 5.37 Å². The quantitative estimate of drug-likeness (QED) is 0.801. The highest BCUT2D eigenvalue weighted by Gasteiger charge is 2.34. The number of carbonyl (C=O) groups is 1. The molecule has 2 amide bonds. The molecule has 1 aromatic rings. The third kappa shape index (κ3) is 3.57. The van der Waals surface area contributed by atoms with Crippen LogP contribution in [0.2, 0.25) is 0 Å². The molecule has 0 aliphatic carbocycles. The average Bonchev–Trinajstić information content (AvgIpc) is 2.37. The number of sulfone groups is 1. The minimum atomic E-state index is -3.30. The Kier molecular flexibility index (Phi) is 4.44. The standard InChI is InChI=1S/C12H17N3O3S2/c1-20(17,18)11-8-19-6-5-15(11)12(16)14-10-4-2-3-9(13)7-10/h2-4,7,11H,5-6,8,13H2,1H3,(H,14,16). The number of amides is 2. The Hall–Kier alpha value is -1.41. The van der Waals surface area contributed by atoms with Gasteiger partial charge in [0, 0.05) is 35.7 Å². The van der Waals surface area contributed by atoms with Gasteiger partial charge in [0.05, 0.1) is 0 Å². The molecule has 3 N–H and O–H groups in total. The van der Waals surface area contributed by atoms with Crippen molar-refractivity contribution in [3.05, 3.63) is 24.3 Å². The van der Waals surface area contributed by atoms with Crippen molar-refractivity contribution in [3.8, 4) is 0 Å². The Morgan fingerprint density at radius 3 is 2.90 bits per heavy atom. The van der Waals surface area contributed by atoms with Gasteiger partial charge in [-0.3, -0.25) is 0 Å². The van der Waals surface area contributed by atoms with Crippen molar-refractivity contribution in [2.45, 2.75) is 5.37 Å². The number of nitrogens with one attached hydrogen (secondary N) is 1. The van der Waals surface area contributed by atoms with Crippen LogP contribution in [-0.4, -0.2) is 49.0 Å². The molecular weight excluding hydrogens is 298 g/mol. The molecule has 1 fully saturated rings. The predicted molar refractivity (Wildman–Crippen MR) is 82.5 cm³/mol. The van der Waals surface area contributed by atoms with Crippen LogP contribution in [0.3, 0.4) is 0 Å². The van der Waals surface area contributed by atoms with E-state index in [1.165, 1.54) is 16.7 Å². The maximum atomic E-state index is 12.2. The first-order chi connectivity index (χ1) is 9.38. The van der Waals surface area contributed by atoms with Gasteiger partial charge in [-0.25, -0.2) is 13.2 Å². The summed E-state index contributed by atoms with van der Waals surface area (Å²) in [7, 11) is -3.30. The molecule has 110 valence electrons. The van der Waals surface area contributed by atoms with E-state index < -0.39 is 21.2 Å². The van der Waals surface area contributed by atoms with Gasteiger partial charge in [0.2, 0.25) is 0 Å². The van der Waals surface area contributed by atoms with Crippen LogP contribution in [0, 0.1) is 0 Å². The van der Waals surface area contributed by atoms with Crippen LogP contribution in [0.15, 0.2) is 24.3 Å². The van der Waals surface area contributed by atoms with Crippen LogP contribution in [0.5, 0.6) is 0 Å². The van der Waals surface area contributed by atoms with E-state index in [2.05, 4.69) is 5.32 Å². The maximum absolute atomic E-state index is 12.2. The molecule has 2 rings (SSSR count). The topological polar surface area (TPSA) is 92.5 Å². The number of nitrogen functional groups attached to an aromatic ring is 1. The molecule has 0 saturated carbocycles. The van der Waals surface area contributed by atoms with Crippen molar-refractivity contribution in [3.63, 3.8) is 0 Å². The van der Waals surface area contributed by atoms with Gasteiger partial charge in [0.25, 0.3) is 0 Å². The van der Waals surface area contributed by atoms with Gasteiger partial charge in [-0.15, -0.1) is 0 Å². The molecule has 6 nitrogen and oxygen atoms in total. The third-order valence-corrected chi connectivity index (χ3v) is 5.62. The fourth-order valence-electron chi connectivity index (χ4n) is 1.98. The molecule has 1 atom stereocenters. The summed E-state index contributed by atoms with van der Waals surface area (Å²) in [5.74, 6) is 1.14. The molecule has 1 heterocycles. The Labute approximate surface area is 122 Å². The largest absolute Gasteiger partial charge is 0.399 e. The van der Waals surface area contributed by atoms with E-state index in [1.807, 2.05) is 0 Å². The first-order valence-electron chi connectivity index (χ1n) is 6.08. The summed E-state index contributed by atoms with van der Waals surface area (Å²) >= 11 is 1.54. The van der Waals surface area contributed by atoms with Crippen molar-refractivity contribution in [2.24, 2.45) is 0 Å². The lowest BCUT2D eigenvalue weighted by atomic mass is 10.3. The van der Waals surface area contributed by atoms with E-state index >= 15 is 0 Å². The highest BCUT2D eigenvalue weighted by atomic mass is 32.2. The molecule has 20 heavy (non-hydrogen) atoms. The van der Waals surface area contributed by atoms with Gasteiger partial charge >= 0.3 is 6.03 Å². The zero-order chi connectivity index (χ0) is 14.8. The molecule has 1 aliphatic rings. The Morgan fingerprint density at radius 2 is 2.25 bits per heavy atom. The number of urea groups is 1. The Balaban J connectivity index is 2.14. The molecule has 0 aromatic heterocycles. The van der Waals surface area contributed by atoms with Gasteiger partial charge in [0.15, 0.2) is 9.84 Å². The van der Waals surface area contributed by atoms with E-state index in [-0.39, 0.29) is 0 Å². The first-order valence-corrected chi connectivity index (χ1v) is 9.18. The van der Waals surface area contributed by atoms with Gasteiger partial charge in [-0.05, 0) is 18.2 Å². The SMILES string of the molecule is CS(=O)(=O)C1CSCCN1C(=O)Nc1cccc(N)c1. The summed E-state index contributed by atoms with van der Waals surface area (Å²) < 4.78 is 23.5. The second-order valence-electron chi connectivity index (χ2n) is 4.61. The van der Waals surface area contributed by atoms with Gasteiger partial charge < -0.3 is 16.0 Å². The van der Waals surface area contributed by atoms with Crippen LogP contribution in [0.4, 0.5) is 16.2 Å². The zero-order valence-corrected chi connectivity index (χ0v) is 12.7. The third-order valence-electron chi connectivity index (χ3n) is 2.98. The summed E-state index contributed by atoms with van der Waals surface area (Å²) in [5.41, 5.74) is 6.74. The Morgan fingerprint density at radius 1 is 1.50 bits per heavy atom. The highest BCUT2D eigenvalue weighted by molar-refractivity contribution is 8.00. The Bertz CT molecular complexity index is 604. The van der Waals surface area contributed by atoms with E-state index in [0.717, 1.165) is 12.0 Å². The number of anilines is 2. The van der Waals surface area contributed by atoms with Crippen molar-refractivity contribution in [2.75, 3.05) is 35.4 Å². The lowest BCUT2D eigenvalue weighted by Gasteiger charge is -2.33. The summed E-state index contributed by atoms with van der Waals surface area (Å²) in [6.45, 7) is 0.413. The number of nitrogens with two attached hydrogens (primary N) is 1. The summed E-state index contributed by atoms with van der Waals surface area (Å²) in [6, 6.07) is 6.37. The molecule has 0 radical (unpaired) electrons. The van der Waals surface area contributed by atoms with Crippen LogP contribution >= 0.6 is 11.8 Å².